The molecule has 1 N–H and O–H groups in total. The third-order valence-corrected chi connectivity index (χ3v) is 1.97. The standard InChI is InChI=1S/C10H11N3O4/c1-2-3-9(14)12-10(15)7-4-5-11-6-8(7)13(16)17/h4-6H,2-3H2,1H3,(H,12,14,15). The lowest BCUT2D eigenvalue weighted by molar-refractivity contribution is -0.385. The molecule has 0 aromatic carbocycles. The number of rotatable bonds is 4. The van der Waals surface area contributed by atoms with Crippen molar-refractivity contribution in [2.75, 3.05) is 0 Å². The van der Waals surface area contributed by atoms with E-state index in [4.69, 9.17) is 0 Å². The van der Waals surface area contributed by atoms with Crippen LogP contribution < -0.4 is 5.32 Å². The van der Waals surface area contributed by atoms with Crippen molar-refractivity contribution < 1.29 is 14.5 Å². The van der Waals surface area contributed by atoms with Gasteiger partial charge in [0.25, 0.3) is 11.6 Å². The number of imide groups is 1. The molecule has 0 spiro atoms. The summed E-state index contributed by atoms with van der Waals surface area (Å²) in [5.74, 6) is -1.24. The summed E-state index contributed by atoms with van der Waals surface area (Å²) in [5, 5.41) is 12.7. The van der Waals surface area contributed by atoms with Crippen LogP contribution in [0, 0.1) is 10.1 Å². The number of carbonyl (C=O) groups is 2. The first-order valence-corrected chi connectivity index (χ1v) is 4.98. The zero-order valence-electron chi connectivity index (χ0n) is 9.17. The Morgan fingerprint density at radius 2 is 2.24 bits per heavy atom. The number of pyridine rings is 1. The van der Waals surface area contributed by atoms with Gasteiger partial charge in [0, 0.05) is 12.6 Å². The van der Waals surface area contributed by atoms with Gasteiger partial charge in [0.1, 0.15) is 11.8 Å². The summed E-state index contributed by atoms with van der Waals surface area (Å²) in [6.07, 6.45) is 3.02. The minimum atomic E-state index is -0.780. The van der Waals surface area contributed by atoms with Crippen LogP contribution in [0.3, 0.4) is 0 Å². The summed E-state index contributed by atoms with van der Waals surface area (Å²) >= 11 is 0. The molecule has 2 amide bonds. The lowest BCUT2D eigenvalue weighted by atomic mass is 10.2. The maximum Gasteiger partial charge on any atom is 0.300 e. The van der Waals surface area contributed by atoms with Crippen molar-refractivity contribution in [3.63, 3.8) is 0 Å². The maximum absolute atomic E-state index is 11.6. The second-order valence-electron chi connectivity index (χ2n) is 3.28. The van der Waals surface area contributed by atoms with Crippen LogP contribution in [0.15, 0.2) is 18.5 Å². The van der Waals surface area contributed by atoms with E-state index in [1.807, 2.05) is 0 Å². The van der Waals surface area contributed by atoms with Gasteiger partial charge in [0.2, 0.25) is 5.91 Å². The molecule has 0 fully saturated rings. The number of aromatic nitrogens is 1. The van der Waals surface area contributed by atoms with Crippen molar-refractivity contribution in [3.05, 3.63) is 34.1 Å². The van der Waals surface area contributed by atoms with Gasteiger partial charge in [0.05, 0.1) is 4.92 Å². The monoisotopic (exact) mass is 237 g/mol. The highest BCUT2D eigenvalue weighted by molar-refractivity contribution is 6.06. The van der Waals surface area contributed by atoms with Crippen LogP contribution in [0.4, 0.5) is 5.69 Å². The van der Waals surface area contributed by atoms with Crippen LogP contribution in [0.2, 0.25) is 0 Å². The molecule has 1 aromatic rings. The van der Waals surface area contributed by atoms with E-state index in [-0.39, 0.29) is 12.0 Å². The third-order valence-electron chi connectivity index (χ3n) is 1.97. The Kier molecular flexibility index (Phi) is 4.27. The van der Waals surface area contributed by atoms with Gasteiger partial charge in [-0.1, -0.05) is 6.92 Å². The Hall–Kier alpha value is -2.31. The van der Waals surface area contributed by atoms with Crippen LogP contribution in [0.25, 0.3) is 0 Å². The number of amides is 2. The SMILES string of the molecule is CCCC(=O)NC(=O)c1ccncc1[N+](=O)[O-]. The minimum Gasteiger partial charge on any atom is -0.292 e. The number of nitrogens with zero attached hydrogens (tertiary/aromatic N) is 2. The van der Waals surface area contributed by atoms with Crippen molar-refractivity contribution in [2.45, 2.75) is 19.8 Å². The first-order valence-electron chi connectivity index (χ1n) is 4.98. The molecular weight excluding hydrogens is 226 g/mol. The number of nitrogens with one attached hydrogen (secondary N) is 1. The van der Waals surface area contributed by atoms with Crippen LogP contribution in [0.5, 0.6) is 0 Å². The molecule has 7 heteroatoms. The van der Waals surface area contributed by atoms with Crippen molar-refractivity contribution in [2.24, 2.45) is 0 Å². The molecule has 7 nitrogen and oxygen atoms in total. The first kappa shape index (κ1) is 12.8. The zero-order valence-corrected chi connectivity index (χ0v) is 9.17. The number of hydrogen-bond acceptors (Lipinski definition) is 5. The topological polar surface area (TPSA) is 102 Å². The van der Waals surface area contributed by atoms with Crippen LogP contribution in [0.1, 0.15) is 30.1 Å². The zero-order chi connectivity index (χ0) is 12.8. The van der Waals surface area contributed by atoms with E-state index < -0.39 is 22.4 Å². The first-order chi connectivity index (χ1) is 8.06. The van der Waals surface area contributed by atoms with Gasteiger partial charge in [-0.3, -0.25) is 30.0 Å². The average Bonchev–Trinajstić information content (AvgIpc) is 2.29. The molecule has 1 rings (SSSR count). The van der Waals surface area contributed by atoms with Gasteiger partial charge in [0.15, 0.2) is 0 Å². The molecule has 0 aliphatic rings. The molecule has 0 radical (unpaired) electrons. The predicted octanol–water partition coefficient (Wildman–Crippen LogP) is 1.05. The van der Waals surface area contributed by atoms with E-state index in [1.165, 1.54) is 12.3 Å². The second-order valence-corrected chi connectivity index (χ2v) is 3.28. The van der Waals surface area contributed by atoms with Gasteiger partial charge in [-0.15, -0.1) is 0 Å². The fraction of sp³-hybridized carbons (Fsp3) is 0.300. The van der Waals surface area contributed by atoms with Gasteiger partial charge in [-0.25, -0.2) is 0 Å². The Morgan fingerprint density at radius 3 is 2.82 bits per heavy atom. The largest absolute Gasteiger partial charge is 0.300 e. The van der Waals surface area contributed by atoms with Crippen molar-refractivity contribution >= 4 is 17.5 Å². The Balaban J connectivity index is 2.89. The van der Waals surface area contributed by atoms with Gasteiger partial charge in [-0.05, 0) is 12.5 Å². The molecule has 1 aromatic heterocycles. The minimum absolute atomic E-state index is 0.172. The normalized spacial score (nSPS) is 9.71. The van der Waals surface area contributed by atoms with E-state index in [1.54, 1.807) is 6.92 Å². The number of nitro groups is 1. The fourth-order valence-corrected chi connectivity index (χ4v) is 1.21. The summed E-state index contributed by atoms with van der Waals surface area (Å²) < 4.78 is 0. The molecule has 0 saturated carbocycles. The van der Waals surface area contributed by atoms with Crippen LogP contribution in [-0.2, 0) is 4.79 Å². The molecule has 1 heterocycles. The lowest BCUT2D eigenvalue weighted by Crippen LogP contribution is -2.30. The molecule has 0 bridgehead atoms. The maximum atomic E-state index is 11.6. The van der Waals surface area contributed by atoms with Crippen LogP contribution in [-0.4, -0.2) is 21.7 Å². The molecule has 90 valence electrons. The van der Waals surface area contributed by atoms with Crippen molar-refractivity contribution in [1.29, 1.82) is 0 Å². The van der Waals surface area contributed by atoms with Crippen LogP contribution >= 0.6 is 0 Å². The van der Waals surface area contributed by atoms with Crippen molar-refractivity contribution in [3.8, 4) is 0 Å². The smallest absolute Gasteiger partial charge is 0.292 e. The molecule has 0 aliphatic carbocycles. The summed E-state index contributed by atoms with van der Waals surface area (Å²) in [6, 6.07) is 1.20. The molecule has 17 heavy (non-hydrogen) atoms. The molecule has 0 aliphatic heterocycles. The Labute approximate surface area is 97.0 Å². The highest BCUT2D eigenvalue weighted by Crippen LogP contribution is 2.15. The fourth-order valence-electron chi connectivity index (χ4n) is 1.21. The number of hydrogen-bond donors (Lipinski definition) is 1. The summed E-state index contributed by atoms with van der Waals surface area (Å²) in [7, 11) is 0. The second kappa shape index (κ2) is 5.69. The molecule has 0 saturated heterocycles. The number of carbonyl (C=O) groups excluding carboxylic acids is 2. The van der Waals surface area contributed by atoms with E-state index in [0.29, 0.717) is 6.42 Å². The van der Waals surface area contributed by atoms with E-state index >= 15 is 0 Å². The summed E-state index contributed by atoms with van der Waals surface area (Å²) in [4.78, 5) is 36.3. The lowest BCUT2D eigenvalue weighted by Gasteiger charge is -2.03. The van der Waals surface area contributed by atoms with E-state index in [2.05, 4.69) is 10.3 Å². The molecule has 0 atom stereocenters. The quantitative estimate of drug-likeness (QED) is 0.622. The van der Waals surface area contributed by atoms with Crippen molar-refractivity contribution in [1.82, 2.24) is 10.3 Å². The molecule has 0 unspecified atom stereocenters. The molecular formula is C10H11N3O4. The summed E-state index contributed by atoms with van der Waals surface area (Å²) in [5.41, 5.74) is -0.594. The Morgan fingerprint density at radius 1 is 1.53 bits per heavy atom. The predicted molar refractivity (Wildman–Crippen MR) is 58.3 cm³/mol. The van der Waals surface area contributed by atoms with E-state index in [0.717, 1.165) is 6.20 Å². The van der Waals surface area contributed by atoms with Gasteiger partial charge in [-0.2, -0.15) is 0 Å². The van der Waals surface area contributed by atoms with Gasteiger partial charge >= 0.3 is 0 Å². The van der Waals surface area contributed by atoms with E-state index in [9.17, 15) is 19.7 Å². The highest BCUT2D eigenvalue weighted by Gasteiger charge is 2.21. The van der Waals surface area contributed by atoms with Gasteiger partial charge < -0.3 is 0 Å². The third kappa shape index (κ3) is 3.33. The summed E-state index contributed by atoms with van der Waals surface area (Å²) in [6.45, 7) is 1.79. The average molecular weight is 237 g/mol. The highest BCUT2D eigenvalue weighted by atomic mass is 16.6. The Bertz CT molecular complexity index is 459.